The van der Waals surface area contributed by atoms with Crippen LogP contribution in [0.1, 0.15) is 51.0 Å². The number of hydrogen-bond acceptors (Lipinski definition) is 4. The molecular formula is C22H27ClF3N3O2. The highest BCUT2D eigenvalue weighted by Gasteiger charge is 2.57. The molecule has 1 aromatic rings. The van der Waals surface area contributed by atoms with Crippen LogP contribution in [0.3, 0.4) is 0 Å². The lowest BCUT2D eigenvalue weighted by Crippen LogP contribution is -2.56. The normalized spacial score (nSPS) is 22.1. The molecule has 170 valence electrons. The Hall–Kier alpha value is -1.98. The number of halogens is 4. The third kappa shape index (κ3) is 5.09. The zero-order valence-electron chi connectivity index (χ0n) is 17.5. The van der Waals surface area contributed by atoms with Crippen LogP contribution in [-0.4, -0.2) is 53.4 Å². The summed E-state index contributed by atoms with van der Waals surface area (Å²) in [6, 6.07) is 6.97. The van der Waals surface area contributed by atoms with Crippen LogP contribution in [-0.2, 0) is 4.79 Å². The van der Waals surface area contributed by atoms with Gasteiger partial charge in [-0.2, -0.15) is 18.4 Å². The SMILES string of the molecule is C[C@@](O)(C(=O)N1CC[C@H](N(CC2CCCCC2)c2ccc(C#N)c(Cl)c2)C1)C(F)(F)F. The van der Waals surface area contributed by atoms with E-state index in [9.17, 15) is 23.1 Å². The topological polar surface area (TPSA) is 67.6 Å². The number of nitriles is 1. The number of likely N-dealkylation sites (tertiary alicyclic amines) is 1. The summed E-state index contributed by atoms with van der Waals surface area (Å²) < 4.78 is 39.4. The fraction of sp³-hybridized carbons (Fsp3) is 0.636. The molecular weight excluding hydrogens is 431 g/mol. The summed E-state index contributed by atoms with van der Waals surface area (Å²) in [5.41, 5.74) is -2.27. The van der Waals surface area contributed by atoms with E-state index in [1.54, 1.807) is 18.2 Å². The molecule has 1 aliphatic carbocycles. The zero-order chi connectivity index (χ0) is 22.8. The Morgan fingerprint density at radius 3 is 2.55 bits per heavy atom. The van der Waals surface area contributed by atoms with Crippen molar-refractivity contribution in [1.82, 2.24) is 4.90 Å². The first-order valence-corrected chi connectivity index (χ1v) is 11.0. The van der Waals surface area contributed by atoms with Crippen molar-refractivity contribution in [3.8, 4) is 6.07 Å². The van der Waals surface area contributed by atoms with Crippen molar-refractivity contribution in [2.45, 2.75) is 63.3 Å². The van der Waals surface area contributed by atoms with Crippen molar-refractivity contribution in [3.05, 3.63) is 28.8 Å². The molecule has 0 unspecified atom stereocenters. The summed E-state index contributed by atoms with van der Waals surface area (Å²) in [6.45, 7) is 1.45. The second-order valence-corrected chi connectivity index (χ2v) is 9.10. The Morgan fingerprint density at radius 1 is 1.29 bits per heavy atom. The van der Waals surface area contributed by atoms with Crippen LogP contribution in [0.2, 0.25) is 5.02 Å². The molecule has 0 spiro atoms. The Labute approximate surface area is 185 Å². The molecule has 0 radical (unpaired) electrons. The standard InChI is InChI=1S/C22H27ClF3N3O2/c1-21(31,22(24,25)26)20(30)28-10-9-18(14-28)29(13-15-5-3-2-4-6-15)17-8-7-16(12-27)19(23)11-17/h7-8,11,15,18,31H,2-6,9-10,13-14H2,1H3/t18-,21+/m0/s1. The van der Waals surface area contributed by atoms with Crippen LogP contribution in [0.25, 0.3) is 0 Å². The van der Waals surface area contributed by atoms with Gasteiger partial charge >= 0.3 is 6.18 Å². The molecule has 31 heavy (non-hydrogen) atoms. The van der Waals surface area contributed by atoms with Crippen molar-refractivity contribution in [1.29, 1.82) is 5.26 Å². The van der Waals surface area contributed by atoms with E-state index in [2.05, 4.69) is 4.90 Å². The van der Waals surface area contributed by atoms with Gasteiger partial charge in [-0.05, 0) is 50.3 Å². The number of alkyl halides is 3. The summed E-state index contributed by atoms with van der Waals surface area (Å²) in [6.07, 6.45) is 1.12. The maximum Gasteiger partial charge on any atom is 0.426 e. The number of carbonyl (C=O) groups excluding carboxylic acids is 1. The lowest BCUT2D eigenvalue weighted by atomic mass is 9.88. The minimum Gasteiger partial charge on any atom is -0.373 e. The van der Waals surface area contributed by atoms with E-state index in [0.717, 1.165) is 36.3 Å². The maximum absolute atomic E-state index is 13.1. The summed E-state index contributed by atoms with van der Waals surface area (Å²) >= 11 is 6.24. The highest BCUT2D eigenvalue weighted by Crippen LogP contribution is 2.35. The van der Waals surface area contributed by atoms with E-state index < -0.39 is 17.7 Å². The molecule has 1 saturated carbocycles. The third-order valence-corrected chi connectivity index (χ3v) is 6.76. The number of nitrogens with zero attached hydrogens (tertiary/aromatic N) is 3. The Morgan fingerprint density at radius 2 is 1.97 bits per heavy atom. The minimum atomic E-state index is -5.04. The molecule has 0 aromatic heterocycles. The van der Waals surface area contributed by atoms with Crippen LogP contribution in [0.5, 0.6) is 0 Å². The molecule has 1 N–H and O–H groups in total. The van der Waals surface area contributed by atoms with Crippen LogP contribution in [0, 0.1) is 17.2 Å². The monoisotopic (exact) mass is 457 g/mol. The number of benzene rings is 1. The number of hydrogen-bond donors (Lipinski definition) is 1. The van der Waals surface area contributed by atoms with E-state index in [1.807, 2.05) is 6.07 Å². The maximum atomic E-state index is 13.1. The first-order valence-electron chi connectivity index (χ1n) is 10.6. The average molecular weight is 458 g/mol. The third-order valence-electron chi connectivity index (χ3n) is 6.44. The van der Waals surface area contributed by atoms with Crippen molar-refractivity contribution < 1.29 is 23.1 Å². The predicted molar refractivity (Wildman–Crippen MR) is 112 cm³/mol. The van der Waals surface area contributed by atoms with Crippen LogP contribution < -0.4 is 4.90 Å². The first-order chi connectivity index (χ1) is 14.5. The quantitative estimate of drug-likeness (QED) is 0.706. The second-order valence-electron chi connectivity index (χ2n) is 8.70. The molecule has 2 atom stereocenters. The summed E-state index contributed by atoms with van der Waals surface area (Å²) in [5, 5.41) is 19.3. The van der Waals surface area contributed by atoms with Gasteiger partial charge in [0.1, 0.15) is 6.07 Å². The van der Waals surface area contributed by atoms with Gasteiger partial charge in [-0.15, -0.1) is 0 Å². The van der Waals surface area contributed by atoms with Crippen LogP contribution >= 0.6 is 11.6 Å². The number of amides is 1. The number of anilines is 1. The molecule has 2 aliphatic rings. The average Bonchev–Trinajstić information content (AvgIpc) is 3.21. The molecule has 3 rings (SSSR count). The van der Waals surface area contributed by atoms with E-state index in [1.165, 1.54) is 6.42 Å². The van der Waals surface area contributed by atoms with Crippen molar-refractivity contribution in [2.24, 2.45) is 5.92 Å². The van der Waals surface area contributed by atoms with Crippen LogP contribution in [0.4, 0.5) is 18.9 Å². The van der Waals surface area contributed by atoms with Crippen molar-refractivity contribution >= 4 is 23.2 Å². The smallest absolute Gasteiger partial charge is 0.373 e. The van der Waals surface area contributed by atoms with Gasteiger partial charge in [-0.25, -0.2) is 0 Å². The molecule has 2 fully saturated rings. The van der Waals surface area contributed by atoms with Gasteiger partial charge in [0, 0.05) is 31.4 Å². The van der Waals surface area contributed by atoms with Gasteiger partial charge in [0.25, 0.3) is 5.91 Å². The summed E-state index contributed by atoms with van der Waals surface area (Å²) in [5.74, 6) is -0.871. The van der Waals surface area contributed by atoms with Crippen molar-refractivity contribution in [2.75, 3.05) is 24.5 Å². The highest BCUT2D eigenvalue weighted by molar-refractivity contribution is 6.32. The lowest BCUT2D eigenvalue weighted by Gasteiger charge is -2.36. The molecule has 1 amide bonds. The van der Waals surface area contributed by atoms with Gasteiger partial charge < -0.3 is 14.9 Å². The second kappa shape index (κ2) is 9.25. The Balaban J connectivity index is 1.82. The number of rotatable bonds is 5. The molecule has 1 saturated heterocycles. The van der Waals surface area contributed by atoms with Gasteiger partial charge in [0.05, 0.1) is 10.6 Å². The largest absolute Gasteiger partial charge is 0.426 e. The van der Waals surface area contributed by atoms with E-state index in [-0.39, 0.29) is 19.1 Å². The zero-order valence-corrected chi connectivity index (χ0v) is 18.2. The fourth-order valence-electron chi connectivity index (χ4n) is 4.50. The Kier molecular flexibility index (Phi) is 7.07. The number of aliphatic hydroxyl groups is 1. The van der Waals surface area contributed by atoms with E-state index in [0.29, 0.717) is 36.4 Å². The molecule has 1 aromatic carbocycles. The summed E-state index contributed by atoms with van der Waals surface area (Å²) in [4.78, 5) is 15.6. The van der Waals surface area contributed by atoms with Gasteiger partial charge in [-0.3, -0.25) is 4.79 Å². The highest BCUT2D eigenvalue weighted by atomic mass is 35.5. The number of carbonyl (C=O) groups is 1. The van der Waals surface area contributed by atoms with Gasteiger partial charge in [-0.1, -0.05) is 30.9 Å². The fourth-order valence-corrected chi connectivity index (χ4v) is 4.71. The van der Waals surface area contributed by atoms with Crippen LogP contribution in [0.15, 0.2) is 18.2 Å². The minimum absolute atomic E-state index is 0.0927. The molecule has 9 heteroatoms. The van der Waals surface area contributed by atoms with Gasteiger partial charge in [0.15, 0.2) is 0 Å². The molecule has 5 nitrogen and oxygen atoms in total. The Bertz CT molecular complexity index is 847. The van der Waals surface area contributed by atoms with Crippen molar-refractivity contribution in [3.63, 3.8) is 0 Å². The van der Waals surface area contributed by atoms with E-state index in [4.69, 9.17) is 16.9 Å². The van der Waals surface area contributed by atoms with Gasteiger partial charge in [0.2, 0.25) is 5.60 Å². The molecule has 1 heterocycles. The van der Waals surface area contributed by atoms with E-state index >= 15 is 0 Å². The lowest BCUT2D eigenvalue weighted by molar-refractivity contribution is -0.249. The molecule has 1 aliphatic heterocycles. The predicted octanol–water partition coefficient (Wildman–Crippen LogP) is 4.51. The molecule has 0 bridgehead atoms. The first kappa shape index (κ1) is 23.7. The summed E-state index contributed by atoms with van der Waals surface area (Å²) in [7, 11) is 0.